The van der Waals surface area contributed by atoms with Gasteiger partial charge in [-0.3, -0.25) is 9.59 Å². The highest BCUT2D eigenvalue weighted by Crippen LogP contribution is 2.20. The molecule has 0 spiro atoms. The molecule has 1 aliphatic heterocycles. The van der Waals surface area contributed by atoms with E-state index in [0.717, 1.165) is 5.69 Å². The van der Waals surface area contributed by atoms with Gasteiger partial charge in [-0.05, 0) is 24.3 Å². The van der Waals surface area contributed by atoms with Crippen molar-refractivity contribution in [2.75, 3.05) is 24.5 Å². The lowest BCUT2D eigenvalue weighted by Crippen LogP contribution is -2.36. The Hall–Kier alpha value is -2.33. The molecule has 3 rings (SSSR count). The average molecular weight is 329 g/mol. The molecule has 0 bridgehead atoms. The van der Waals surface area contributed by atoms with Gasteiger partial charge >= 0.3 is 0 Å². The quantitative estimate of drug-likeness (QED) is 0.849. The Balaban J connectivity index is 1.77. The van der Waals surface area contributed by atoms with Crippen molar-refractivity contribution in [3.8, 4) is 0 Å². The van der Waals surface area contributed by atoms with E-state index in [2.05, 4.69) is 0 Å². The first kappa shape index (κ1) is 15.6. The summed E-state index contributed by atoms with van der Waals surface area (Å²) < 4.78 is 0. The number of halogens is 1. The molecule has 2 aromatic rings. The third-order valence-electron chi connectivity index (χ3n) is 3.95. The number of nitrogens with zero attached hydrogens (tertiary/aromatic N) is 2. The van der Waals surface area contributed by atoms with E-state index >= 15 is 0 Å². The molecule has 0 N–H and O–H groups in total. The fourth-order valence-electron chi connectivity index (χ4n) is 2.71. The van der Waals surface area contributed by atoms with Gasteiger partial charge in [0.2, 0.25) is 5.91 Å². The Morgan fingerprint density at radius 3 is 2.35 bits per heavy atom. The molecule has 0 aromatic heterocycles. The second kappa shape index (κ2) is 6.84. The zero-order chi connectivity index (χ0) is 16.2. The number of anilines is 1. The molecule has 0 radical (unpaired) electrons. The summed E-state index contributed by atoms with van der Waals surface area (Å²) in [4.78, 5) is 28.4. The highest BCUT2D eigenvalue weighted by molar-refractivity contribution is 6.33. The zero-order valence-corrected chi connectivity index (χ0v) is 13.4. The van der Waals surface area contributed by atoms with Gasteiger partial charge in [-0.25, -0.2) is 0 Å². The van der Waals surface area contributed by atoms with Gasteiger partial charge in [-0.1, -0.05) is 41.9 Å². The zero-order valence-electron chi connectivity index (χ0n) is 12.6. The van der Waals surface area contributed by atoms with Crippen molar-refractivity contribution >= 4 is 29.1 Å². The molecule has 23 heavy (non-hydrogen) atoms. The molecule has 0 atom stereocenters. The van der Waals surface area contributed by atoms with Gasteiger partial charge in [-0.2, -0.15) is 0 Å². The molecule has 2 amide bonds. The van der Waals surface area contributed by atoms with Gasteiger partial charge in [0.1, 0.15) is 0 Å². The summed E-state index contributed by atoms with van der Waals surface area (Å²) in [6, 6.07) is 16.5. The van der Waals surface area contributed by atoms with E-state index in [1.165, 1.54) is 0 Å². The maximum absolute atomic E-state index is 12.6. The largest absolute Gasteiger partial charge is 0.336 e. The standard InChI is InChI=1S/C18H17ClN2O2/c19-16-9-5-4-8-15(16)18(23)20-11-10-17(22)21(13-12-20)14-6-2-1-3-7-14/h1-9H,10-13H2. The van der Waals surface area contributed by atoms with E-state index in [1.807, 2.05) is 30.3 Å². The predicted octanol–water partition coefficient (Wildman–Crippen LogP) is 3.22. The maximum Gasteiger partial charge on any atom is 0.255 e. The number of hydrogen-bond donors (Lipinski definition) is 0. The van der Waals surface area contributed by atoms with Crippen LogP contribution in [0.3, 0.4) is 0 Å². The Morgan fingerprint density at radius 1 is 0.913 bits per heavy atom. The molecule has 4 nitrogen and oxygen atoms in total. The van der Waals surface area contributed by atoms with Crippen LogP contribution in [0.2, 0.25) is 5.02 Å². The van der Waals surface area contributed by atoms with Crippen molar-refractivity contribution in [2.24, 2.45) is 0 Å². The SMILES string of the molecule is O=C(c1ccccc1Cl)N1CCC(=O)N(c2ccccc2)CC1. The van der Waals surface area contributed by atoms with Crippen LogP contribution in [-0.2, 0) is 4.79 Å². The lowest BCUT2D eigenvalue weighted by Gasteiger charge is -2.22. The van der Waals surface area contributed by atoms with Crippen LogP contribution in [-0.4, -0.2) is 36.3 Å². The summed E-state index contributed by atoms with van der Waals surface area (Å²) in [6.07, 6.45) is 0.311. The van der Waals surface area contributed by atoms with Crippen molar-refractivity contribution in [1.29, 1.82) is 0 Å². The van der Waals surface area contributed by atoms with Gasteiger partial charge in [0.05, 0.1) is 10.6 Å². The lowest BCUT2D eigenvalue weighted by molar-refractivity contribution is -0.118. The predicted molar refractivity (Wildman–Crippen MR) is 90.8 cm³/mol. The van der Waals surface area contributed by atoms with Crippen LogP contribution >= 0.6 is 11.6 Å². The average Bonchev–Trinajstić information content (AvgIpc) is 2.77. The van der Waals surface area contributed by atoms with Crippen LogP contribution in [0.5, 0.6) is 0 Å². The number of amides is 2. The Bertz CT molecular complexity index is 718. The Morgan fingerprint density at radius 2 is 1.61 bits per heavy atom. The molecule has 0 unspecified atom stereocenters. The van der Waals surface area contributed by atoms with Crippen LogP contribution in [0.15, 0.2) is 54.6 Å². The van der Waals surface area contributed by atoms with Crippen molar-refractivity contribution in [2.45, 2.75) is 6.42 Å². The topological polar surface area (TPSA) is 40.6 Å². The van der Waals surface area contributed by atoms with Crippen LogP contribution in [0.25, 0.3) is 0 Å². The highest BCUT2D eigenvalue weighted by atomic mass is 35.5. The minimum absolute atomic E-state index is 0.0330. The van der Waals surface area contributed by atoms with Gasteiger partial charge in [0.25, 0.3) is 5.91 Å². The minimum Gasteiger partial charge on any atom is -0.336 e. The fourth-order valence-corrected chi connectivity index (χ4v) is 2.93. The number of carbonyl (C=O) groups excluding carboxylic acids is 2. The molecule has 0 aliphatic carbocycles. The molecule has 118 valence electrons. The Kier molecular flexibility index (Phi) is 4.63. The second-order valence-corrected chi connectivity index (χ2v) is 5.81. The van der Waals surface area contributed by atoms with Gasteiger partial charge in [0, 0.05) is 31.7 Å². The molecule has 1 heterocycles. The normalized spacial score (nSPS) is 15.4. The molecule has 0 saturated carbocycles. The number of hydrogen-bond acceptors (Lipinski definition) is 2. The third-order valence-corrected chi connectivity index (χ3v) is 4.28. The molecule has 1 fully saturated rings. The van der Waals surface area contributed by atoms with Gasteiger partial charge in [0.15, 0.2) is 0 Å². The monoisotopic (exact) mass is 328 g/mol. The van der Waals surface area contributed by atoms with E-state index in [4.69, 9.17) is 11.6 Å². The summed E-state index contributed by atoms with van der Waals surface area (Å²) in [5, 5.41) is 0.438. The number of carbonyl (C=O) groups is 2. The van der Waals surface area contributed by atoms with Gasteiger partial charge in [-0.15, -0.1) is 0 Å². The van der Waals surface area contributed by atoms with Crippen molar-refractivity contribution in [3.05, 3.63) is 65.2 Å². The highest BCUT2D eigenvalue weighted by Gasteiger charge is 2.26. The van der Waals surface area contributed by atoms with E-state index in [-0.39, 0.29) is 11.8 Å². The van der Waals surface area contributed by atoms with Crippen LogP contribution in [0.4, 0.5) is 5.69 Å². The fraction of sp³-hybridized carbons (Fsp3) is 0.222. The molecule has 1 aliphatic rings. The van der Waals surface area contributed by atoms with Crippen molar-refractivity contribution in [3.63, 3.8) is 0 Å². The smallest absolute Gasteiger partial charge is 0.255 e. The molecule has 5 heteroatoms. The third kappa shape index (κ3) is 3.37. The summed E-state index contributed by atoms with van der Waals surface area (Å²) >= 11 is 6.11. The maximum atomic E-state index is 12.6. The summed E-state index contributed by atoms with van der Waals surface area (Å²) in [6.45, 7) is 1.38. The summed E-state index contributed by atoms with van der Waals surface area (Å²) in [5.41, 5.74) is 1.35. The first-order chi connectivity index (χ1) is 11.2. The second-order valence-electron chi connectivity index (χ2n) is 5.40. The van der Waals surface area contributed by atoms with Crippen molar-refractivity contribution < 1.29 is 9.59 Å². The lowest BCUT2D eigenvalue weighted by atomic mass is 10.2. The van der Waals surface area contributed by atoms with E-state index in [0.29, 0.717) is 36.6 Å². The molecular formula is C18H17ClN2O2. The van der Waals surface area contributed by atoms with Crippen LogP contribution in [0.1, 0.15) is 16.8 Å². The van der Waals surface area contributed by atoms with Crippen molar-refractivity contribution in [1.82, 2.24) is 4.90 Å². The number of rotatable bonds is 2. The number of para-hydroxylation sites is 1. The summed E-state index contributed by atoms with van der Waals surface area (Å²) in [5.74, 6) is -0.0935. The summed E-state index contributed by atoms with van der Waals surface area (Å²) in [7, 11) is 0. The van der Waals surface area contributed by atoms with Gasteiger partial charge < -0.3 is 9.80 Å². The molecular weight excluding hydrogens is 312 g/mol. The van der Waals surface area contributed by atoms with Crippen LogP contribution < -0.4 is 4.90 Å². The van der Waals surface area contributed by atoms with E-state index in [9.17, 15) is 9.59 Å². The van der Waals surface area contributed by atoms with Crippen LogP contribution in [0, 0.1) is 0 Å². The molecule has 1 saturated heterocycles. The van der Waals surface area contributed by atoms with E-state index in [1.54, 1.807) is 34.1 Å². The van der Waals surface area contributed by atoms with E-state index < -0.39 is 0 Å². The number of benzene rings is 2. The Labute approximate surface area is 140 Å². The molecule has 2 aromatic carbocycles. The minimum atomic E-state index is -0.127. The first-order valence-corrected chi connectivity index (χ1v) is 7.94. The first-order valence-electron chi connectivity index (χ1n) is 7.56.